The number of nitrogens with one attached hydrogen (secondary N) is 1. The summed E-state index contributed by atoms with van der Waals surface area (Å²) in [6.45, 7) is 2.64. The highest BCUT2D eigenvalue weighted by Crippen LogP contribution is 2.35. The van der Waals surface area contributed by atoms with Crippen LogP contribution in [0.1, 0.15) is 11.1 Å². The zero-order chi connectivity index (χ0) is 14.8. The molecule has 108 valence electrons. The smallest absolute Gasteiger partial charge is 0.271 e. The van der Waals surface area contributed by atoms with E-state index in [9.17, 15) is 10.1 Å². The minimum atomic E-state index is -0.401. The van der Waals surface area contributed by atoms with E-state index in [0.29, 0.717) is 6.54 Å². The van der Waals surface area contributed by atoms with E-state index in [2.05, 4.69) is 5.32 Å². The lowest BCUT2D eigenvalue weighted by molar-refractivity contribution is -0.384. The van der Waals surface area contributed by atoms with Crippen LogP contribution in [0.4, 0.5) is 11.4 Å². The normalized spacial score (nSPS) is 12.2. The summed E-state index contributed by atoms with van der Waals surface area (Å²) in [5.41, 5.74) is 2.71. The lowest BCUT2D eigenvalue weighted by atomic mass is 10.1. The van der Waals surface area contributed by atoms with Gasteiger partial charge in [-0.1, -0.05) is 18.2 Å². The molecule has 0 amide bonds. The number of hydrogen-bond donors (Lipinski definition) is 1. The number of para-hydroxylation sites is 1. The van der Waals surface area contributed by atoms with Gasteiger partial charge in [-0.3, -0.25) is 10.1 Å². The Kier molecular flexibility index (Phi) is 3.35. The molecule has 0 unspecified atom stereocenters. The standard InChI is InChI=1S/C15H14N2O4/c1-10-5-6-12(17(18)19)7-13(10)16-8-11-3-2-4-14-15(11)21-9-20-14/h2-7,16H,8-9H2,1H3. The van der Waals surface area contributed by atoms with Crippen molar-refractivity contribution < 1.29 is 14.4 Å². The van der Waals surface area contributed by atoms with Crippen LogP contribution in [0.25, 0.3) is 0 Å². The molecule has 1 heterocycles. The first-order chi connectivity index (χ1) is 10.1. The maximum absolute atomic E-state index is 10.8. The topological polar surface area (TPSA) is 73.6 Å². The number of nitrogens with zero attached hydrogens (tertiary/aromatic N) is 1. The van der Waals surface area contributed by atoms with Gasteiger partial charge < -0.3 is 14.8 Å². The maximum Gasteiger partial charge on any atom is 0.271 e. The molecule has 6 heteroatoms. The van der Waals surface area contributed by atoms with Gasteiger partial charge in [0.1, 0.15) is 0 Å². The summed E-state index contributed by atoms with van der Waals surface area (Å²) < 4.78 is 10.8. The monoisotopic (exact) mass is 286 g/mol. The van der Waals surface area contributed by atoms with E-state index < -0.39 is 4.92 Å². The fourth-order valence-electron chi connectivity index (χ4n) is 2.23. The molecule has 0 bridgehead atoms. The second-order valence-corrected chi connectivity index (χ2v) is 4.76. The summed E-state index contributed by atoms with van der Waals surface area (Å²) in [6, 6.07) is 10.4. The van der Waals surface area contributed by atoms with E-state index in [0.717, 1.165) is 28.3 Å². The summed E-state index contributed by atoms with van der Waals surface area (Å²) in [6.07, 6.45) is 0. The number of fused-ring (bicyclic) bond motifs is 1. The van der Waals surface area contributed by atoms with E-state index in [-0.39, 0.29) is 12.5 Å². The largest absolute Gasteiger partial charge is 0.454 e. The highest BCUT2D eigenvalue weighted by molar-refractivity contribution is 5.58. The zero-order valence-corrected chi connectivity index (χ0v) is 11.5. The SMILES string of the molecule is Cc1ccc([N+](=O)[O-])cc1NCc1cccc2c1OCO2. The van der Waals surface area contributed by atoms with Gasteiger partial charge in [-0.05, 0) is 18.6 Å². The first-order valence-corrected chi connectivity index (χ1v) is 6.51. The summed E-state index contributed by atoms with van der Waals surface area (Å²) in [7, 11) is 0. The molecule has 0 aliphatic carbocycles. The van der Waals surface area contributed by atoms with Crippen molar-refractivity contribution in [2.75, 3.05) is 12.1 Å². The summed E-state index contributed by atoms with van der Waals surface area (Å²) in [4.78, 5) is 10.4. The number of non-ortho nitro benzene ring substituents is 1. The number of hydrogen-bond acceptors (Lipinski definition) is 5. The third kappa shape index (κ3) is 2.60. The molecule has 0 saturated carbocycles. The Morgan fingerprint density at radius 3 is 2.95 bits per heavy atom. The molecule has 0 saturated heterocycles. The lowest BCUT2D eigenvalue weighted by Gasteiger charge is -2.11. The Hall–Kier alpha value is -2.76. The molecule has 2 aromatic carbocycles. The van der Waals surface area contributed by atoms with Gasteiger partial charge in [0.25, 0.3) is 5.69 Å². The van der Waals surface area contributed by atoms with Crippen molar-refractivity contribution in [2.24, 2.45) is 0 Å². The minimum absolute atomic E-state index is 0.0703. The van der Waals surface area contributed by atoms with Crippen molar-refractivity contribution in [2.45, 2.75) is 13.5 Å². The lowest BCUT2D eigenvalue weighted by Crippen LogP contribution is -2.03. The molecule has 21 heavy (non-hydrogen) atoms. The Bertz CT molecular complexity index is 700. The zero-order valence-electron chi connectivity index (χ0n) is 11.5. The molecule has 6 nitrogen and oxygen atoms in total. The predicted molar refractivity (Wildman–Crippen MR) is 77.7 cm³/mol. The Balaban J connectivity index is 1.81. The summed E-state index contributed by atoms with van der Waals surface area (Å²) in [5.74, 6) is 1.46. The van der Waals surface area contributed by atoms with E-state index in [1.807, 2.05) is 25.1 Å². The molecule has 0 radical (unpaired) electrons. The van der Waals surface area contributed by atoms with Crippen molar-refractivity contribution in [3.63, 3.8) is 0 Å². The number of anilines is 1. The molecule has 3 rings (SSSR count). The second kappa shape index (κ2) is 5.32. The molecule has 2 aromatic rings. The first kappa shape index (κ1) is 13.2. The van der Waals surface area contributed by atoms with Crippen LogP contribution in [0.15, 0.2) is 36.4 Å². The van der Waals surface area contributed by atoms with Crippen LogP contribution in [0.5, 0.6) is 11.5 Å². The average Bonchev–Trinajstić information content (AvgIpc) is 2.95. The van der Waals surface area contributed by atoms with Crippen molar-refractivity contribution in [3.8, 4) is 11.5 Å². The fraction of sp³-hybridized carbons (Fsp3) is 0.200. The predicted octanol–water partition coefficient (Wildman–Crippen LogP) is 3.24. The number of benzene rings is 2. The van der Waals surface area contributed by atoms with Crippen LogP contribution in [0.3, 0.4) is 0 Å². The van der Waals surface area contributed by atoms with Gasteiger partial charge in [-0.25, -0.2) is 0 Å². The highest BCUT2D eigenvalue weighted by atomic mass is 16.7. The molecule has 1 N–H and O–H groups in total. The van der Waals surface area contributed by atoms with Crippen LogP contribution in [0, 0.1) is 17.0 Å². The Labute approximate surface area is 121 Å². The van der Waals surface area contributed by atoms with Crippen LogP contribution < -0.4 is 14.8 Å². The number of ether oxygens (including phenoxy) is 2. The molecule has 0 atom stereocenters. The highest BCUT2D eigenvalue weighted by Gasteiger charge is 2.17. The van der Waals surface area contributed by atoms with Crippen LogP contribution in [0.2, 0.25) is 0 Å². The van der Waals surface area contributed by atoms with Gasteiger partial charge in [-0.15, -0.1) is 0 Å². The molecule has 0 fully saturated rings. The molecule has 1 aliphatic heterocycles. The summed E-state index contributed by atoms with van der Waals surface area (Å²) >= 11 is 0. The molecular formula is C15H14N2O4. The van der Waals surface area contributed by atoms with Crippen LogP contribution in [-0.4, -0.2) is 11.7 Å². The van der Waals surface area contributed by atoms with Gasteiger partial charge >= 0.3 is 0 Å². The van der Waals surface area contributed by atoms with E-state index in [4.69, 9.17) is 9.47 Å². The van der Waals surface area contributed by atoms with Gasteiger partial charge in [-0.2, -0.15) is 0 Å². The first-order valence-electron chi connectivity index (χ1n) is 6.51. The molecular weight excluding hydrogens is 272 g/mol. The molecule has 1 aliphatic rings. The molecule has 0 spiro atoms. The van der Waals surface area contributed by atoms with Crippen LogP contribution in [-0.2, 0) is 6.54 Å². The number of nitro benzene ring substituents is 1. The number of rotatable bonds is 4. The average molecular weight is 286 g/mol. The minimum Gasteiger partial charge on any atom is -0.454 e. The Morgan fingerprint density at radius 1 is 1.29 bits per heavy atom. The second-order valence-electron chi connectivity index (χ2n) is 4.76. The third-order valence-electron chi connectivity index (χ3n) is 3.38. The fourth-order valence-corrected chi connectivity index (χ4v) is 2.23. The van der Waals surface area contributed by atoms with Crippen molar-refractivity contribution in [3.05, 3.63) is 57.6 Å². The van der Waals surface area contributed by atoms with Crippen molar-refractivity contribution in [1.82, 2.24) is 0 Å². The van der Waals surface area contributed by atoms with Gasteiger partial charge in [0.05, 0.1) is 4.92 Å². The van der Waals surface area contributed by atoms with E-state index >= 15 is 0 Å². The third-order valence-corrected chi connectivity index (χ3v) is 3.38. The van der Waals surface area contributed by atoms with Gasteiger partial charge in [0.15, 0.2) is 11.5 Å². The quantitative estimate of drug-likeness (QED) is 0.690. The maximum atomic E-state index is 10.8. The molecule has 0 aromatic heterocycles. The van der Waals surface area contributed by atoms with Gasteiger partial charge in [0.2, 0.25) is 6.79 Å². The summed E-state index contributed by atoms with van der Waals surface area (Å²) in [5, 5.41) is 14.0. The van der Waals surface area contributed by atoms with E-state index in [1.165, 1.54) is 12.1 Å². The van der Waals surface area contributed by atoms with Crippen molar-refractivity contribution in [1.29, 1.82) is 0 Å². The number of aryl methyl sites for hydroxylation is 1. The van der Waals surface area contributed by atoms with Gasteiger partial charge in [0, 0.05) is 29.9 Å². The Morgan fingerprint density at radius 2 is 2.14 bits per heavy atom. The van der Waals surface area contributed by atoms with Crippen molar-refractivity contribution >= 4 is 11.4 Å². The van der Waals surface area contributed by atoms with E-state index in [1.54, 1.807) is 6.07 Å². The number of nitro groups is 1. The van der Waals surface area contributed by atoms with Crippen LogP contribution >= 0.6 is 0 Å².